The van der Waals surface area contributed by atoms with E-state index < -0.39 is 0 Å². The van der Waals surface area contributed by atoms with E-state index in [-0.39, 0.29) is 0 Å². The summed E-state index contributed by atoms with van der Waals surface area (Å²) in [5, 5.41) is 0. The summed E-state index contributed by atoms with van der Waals surface area (Å²) < 4.78 is 5.65. The molecule has 0 amide bonds. The lowest BCUT2D eigenvalue weighted by atomic mass is 9.85. The van der Waals surface area contributed by atoms with Crippen LogP contribution in [0, 0.1) is 11.8 Å². The van der Waals surface area contributed by atoms with Crippen LogP contribution in [0.5, 0.6) is 5.88 Å². The van der Waals surface area contributed by atoms with Crippen LogP contribution in [0.15, 0.2) is 30.5 Å². The number of aromatic nitrogens is 1. The molecule has 17 heavy (non-hydrogen) atoms. The lowest BCUT2D eigenvalue weighted by Crippen LogP contribution is -2.21. The van der Waals surface area contributed by atoms with Gasteiger partial charge in [-0.3, -0.25) is 4.79 Å². The van der Waals surface area contributed by atoms with Crippen molar-refractivity contribution in [2.24, 2.45) is 11.8 Å². The summed E-state index contributed by atoms with van der Waals surface area (Å²) in [6.07, 6.45) is 8.98. The Morgan fingerprint density at radius 3 is 2.88 bits per heavy atom. The van der Waals surface area contributed by atoms with Crippen LogP contribution in [0.1, 0.15) is 30.1 Å². The summed E-state index contributed by atoms with van der Waals surface area (Å²) in [6.45, 7) is 2.94. The molecule has 1 heterocycles. The van der Waals surface area contributed by atoms with Crippen LogP contribution in [0.2, 0.25) is 0 Å². The molecule has 90 valence electrons. The first-order valence-electron chi connectivity index (χ1n) is 5.98. The number of hydrogen-bond acceptors (Lipinski definition) is 3. The molecule has 1 aliphatic carbocycles. The number of allylic oxidation sites excluding steroid dienone is 2. The molecule has 0 aromatic carbocycles. The van der Waals surface area contributed by atoms with E-state index in [2.05, 4.69) is 24.1 Å². The molecule has 0 saturated heterocycles. The second kappa shape index (κ2) is 5.62. The van der Waals surface area contributed by atoms with Crippen molar-refractivity contribution >= 4 is 6.29 Å². The number of aldehydes is 1. The number of pyridine rings is 1. The minimum Gasteiger partial charge on any atom is -0.477 e. The smallest absolute Gasteiger partial charge is 0.213 e. The molecule has 1 aromatic heterocycles. The van der Waals surface area contributed by atoms with Crippen LogP contribution in [0.3, 0.4) is 0 Å². The third-order valence-corrected chi connectivity index (χ3v) is 3.26. The fourth-order valence-electron chi connectivity index (χ4n) is 1.98. The van der Waals surface area contributed by atoms with E-state index in [4.69, 9.17) is 4.74 Å². The summed E-state index contributed by atoms with van der Waals surface area (Å²) in [5.41, 5.74) is 0.575. The number of rotatable bonds is 4. The highest BCUT2D eigenvalue weighted by atomic mass is 16.5. The molecule has 0 bridgehead atoms. The first-order chi connectivity index (χ1) is 8.29. The maximum absolute atomic E-state index is 10.5. The van der Waals surface area contributed by atoms with E-state index in [9.17, 15) is 4.79 Å². The number of nitrogens with zero attached hydrogens (tertiary/aromatic N) is 1. The molecule has 2 atom stereocenters. The Hall–Kier alpha value is -1.64. The van der Waals surface area contributed by atoms with Crippen LogP contribution >= 0.6 is 0 Å². The maximum atomic E-state index is 10.5. The molecule has 0 saturated carbocycles. The first-order valence-corrected chi connectivity index (χ1v) is 5.98. The zero-order valence-corrected chi connectivity index (χ0v) is 10.0. The average Bonchev–Trinajstić information content (AvgIpc) is 2.38. The molecule has 1 aromatic rings. The minimum atomic E-state index is 0.563. The molecular weight excluding hydrogens is 214 g/mol. The van der Waals surface area contributed by atoms with Gasteiger partial charge in [-0.1, -0.05) is 19.1 Å². The van der Waals surface area contributed by atoms with Crippen molar-refractivity contribution in [2.75, 3.05) is 6.61 Å². The van der Waals surface area contributed by atoms with Crippen LogP contribution in [-0.4, -0.2) is 17.9 Å². The fraction of sp³-hybridized carbons (Fsp3) is 0.429. The van der Waals surface area contributed by atoms with Crippen molar-refractivity contribution < 1.29 is 9.53 Å². The van der Waals surface area contributed by atoms with Gasteiger partial charge >= 0.3 is 0 Å². The zero-order chi connectivity index (χ0) is 12.1. The molecule has 3 heteroatoms. The topological polar surface area (TPSA) is 39.2 Å². The lowest BCUT2D eigenvalue weighted by molar-refractivity contribution is 0.112. The highest BCUT2D eigenvalue weighted by molar-refractivity contribution is 5.73. The predicted octanol–water partition coefficient (Wildman–Crippen LogP) is 2.88. The standard InChI is InChI=1S/C14H17NO2/c1-11-4-2-3-5-13(11)10-17-14-7-6-12(9-16)8-15-14/h2-3,6-9,11,13H,4-5,10H2,1H3. The third kappa shape index (κ3) is 3.16. The molecule has 0 radical (unpaired) electrons. The Morgan fingerprint density at radius 2 is 2.24 bits per heavy atom. The van der Waals surface area contributed by atoms with Crippen LogP contribution in [0.4, 0.5) is 0 Å². The average molecular weight is 231 g/mol. The highest BCUT2D eigenvalue weighted by Gasteiger charge is 2.18. The molecule has 0 N–H and O–H groups in total. The Labute approximate surface area is 102 Å². The van der Waals surface area contributed by atoms with E-state index in [0.717, 1.165) is 19.1 Å². The van der Waals surface area contributed by atoms with E-state index >= 15 is 0 Å². The van der Waals surface area contributed by atoms with Gasteiger partial charge in [-0.2, -0.15) is 0 Å². The largest absolute Gasteiger partial charge is 0.477 e. The lowest BCUT2D eigenvalue weighted by Gasteiger charge is -2.24. The van der Waals surface area contributed by atoms with Gasteiger partial charge < -0.3 is 4.74 Å². The molecule has 3 nitrogen and oxygen atoms in total. The van der Waals surface area contributed by atoms with Crippen molar-refractivity contribution in [3.8, 4) is 5.88 Å². The van der Waals surface area contributed by atoms with Crippen molar-refractivity contribution in [3.63, 3.8) is 0 Å². The highest BCUT2D eigenvalue weighted by Crippen LogP contribution is 2.25. The van der Waals surface area contributed by atoms with Crippen LogP contribution < -0.4 is 4.74 Å². The van der Waals surface area contributed by atoms with Gasteiger partial charge in [0, 0.05) is 17.8 Å². The van der Waals surface area contributed by atoms with E-state index in [1.54, 1.807) is 12.1 Å². The van der Waals surface area contributed by atoms with Gasteiger partial charge in [-0.25, -0.2) is 4.98 Å². The van der Waals surface area contributed by atoms with Crippen LogP contribution in [-0.2, 0) is 0 Å². The van der Waals surface area contributed by atoms with Crippen LogP contribution in [0.25, 0.3) is 0 Å². The number of ether oxygens (including phenoxy) is 1. The summed E-state index contributed by atoms with van der Waals surface area (Å²) >= 11 is 0. The molecule has 1 aliphatic rings. The summed E-state index contributed by atoms with van der Waals surface area (Å²) in [4.78, 5) is 14.6. The van der Waals surface area contributed by atoms with Gasteiger partial charge in [0.15, 0.2) is 6.29 Å². The van der Waals surface area contributed by atoms with Gasteiger partial charge in [0.2, 0.25) is 5.88 Å². The number of carbonyl (C=O) groups excluding carboxylic acids is 1. The van der Waals surface area contributed by atoms with E-state index in [1.807, 2.05) is 0 Å². The number of hydrogen-bond donors (Lipinski definition) is 0. The SMILES string of the molecule is CC1CC=CCC1COc1ccc(C=O)cn1. The second-order valence-electron chi connectivity index (χ2n) is 4.54. The Morgan fingerprint density at radius 1 is 1.41 bits per heavy atom. The van der Waals surface area contributed by atoms with Gasteiger partial charge in [-0.05, 0) is 30.7 Å². The molecule has 2 rings (SSSR count). The van der Waals surface area contributed by atoms with Crippen molar-refractivity contribution in [1.82, 2.24) is 4.98 Å². The first kappa shape index (κ1) is 11.8. The normalized spacial score (nSPS) is 23.4. The molecule has 2 unspecified atom stereocenters. The van der Waals surface area contributed by atoms with Gasteiger partial charge in [0.25, 0.3) is 0 Å². The molecular formula is C14H17NO2. The zero-order valence-electron chi connectivity index (χ0n) is 10.0. The van der Waals surface area contributed by atoms with Crippen molar-refractivity contribution in [3.05, 3.63) is 36.0 Å². The Balaban J connectivity index is 1.88. The summed E-state index contributed by atoms with van der Waals surface area (Å²) in [6, 6.07) is 3.46. The molecule has 0 aliphatic heterocycles. The summed E-state index contributed by atoms with van der Waals surface area (Å²) in [7, 11) is 0. The van der Waals surface area contributed by atoms with Crippen molar-refractivity contribution in [1.29, 1.82) is 0 Å². The second-order valence-corrected chi connectivity index (χ2v) is 4.54. The molecule has 0 fully saturated rings. The number of carbonyl (C=O) groups is 1. The van der Waals surface area contributed by atoms with Crippen molar-refractivity contribution in [2.45, 2.75) is 19.8 Å². The predicted molar refractivity (Wildman–Crippen MR) is 66.1 cm³/mol. The Bertz CT molecular complexity index is 397. The van der Waals surface area contributed by atoms with Gasteiger partial charge in [-0.15, -0.1) is 0 Å². The van der Waals surface area contributed by atoms with E-state index in [0.29, 0.717) is 29.9 Å². The third-order valence-electron chi connectivity index (χ3n) is 3.26. The fourth-order valence-corrected chi connectivity index (χ4v) is 1.98. The van der Waals surface area contributed by atoms with Gasteiger partial charge in [0.05, 0.1) is 6.61 Å². The Kier molecular flexibility index (Phi) is 3.91. The van der Waals surface area contributed by atoms with E-state index in [1.165, 1.54) is 6.20 Å². The summed E-state index contributed by atoms with van der Waals surface area (Å²) in [5.74, 6) is 1.82. The minimum absolute atomic E-state index is 0.563. The molecule has 0 spiro atoms. The maximum Gasteiger partial charge on any atom is 0.213 e. The monoisotopic (exact) mass is 231 g/mol. The van der Waals surface area contributed by atoms with Gasteiger partial charge in [0.1, 0.15) is 0 Å². The quantitative estimate of drug-likeness (QED) is 0.591.